The second kappa shape index (κ2) is 2.82. The van der Waals surface area contributed by atoms with Gasteiger partial charge in [-0.2, -0.15) is 0 Å². The van der Waals surface area contributed by atoms with Crippen LogP contribution in [-0.4, -0.2) is 4.75 Å². The average Bonchev–Trinajstić information content (AvgIpc) is 2.27. The van der Waals surface area contributed by atoms with E-state index in [2.05, 4.69) is 42.1 Å². The van der Waals surface area contributed by atoms with Gasteiger partial charge < -0.3 is 0 Å². The van der Waals surface area contributed by atoms with Crippen LogP contribution in [0, 0.1) is 17.8 Å². The SMILES string of the molecule is c1ccc(SC23CC4C2CCCC43)cc1. The quantitative estimate of drug-likeness (QED) is 0.721. The maximum absolute atomic E-state index is 2.28. The van der Waals surface area contributed by atoms with E-state index in [1.165, 1.54) is 30.6 Å². The Morgan fingerprint density at radius 1 is 1.07 bits per heavy atom. The minimum atomic E-state index is 0.699. The smallest absolute Gasteiger partial charge is 0.0271 e. The van der Waals surface area contributed by atoms with Crippen molar-refractivity contribution >= 4 is 11.8 Å². The van der Waals surface area contributed by atoms with Crippen LogP contribution in [0.3, 0.4) is 0 Å². The Balaban J connectivity index is 1.60. The number of hydrogen-bond donors (Lipinski definition) is 0. The maximum atomic E-state index is 2.28. The predicted molar refractivity (Wildman–Crippen MR) is 64.0 cm³/mol. The summed E-state index contributed by atoms with van der Waals surface area (Å²) >= 11 is 2.19. The highest BCUT2D eigenvalue weighted by Crippen LogP contribution is 2.78. The van der Waals surface area contributed by atoms with Gasteiger partial charge in [0.25, 0.3) is 0 Å². The first kappa shape index (κ1) is 8.69. The van der Waals surface area contributed by atoms with Crippen molar-refractivity contribution in [2.45, 2.75) is 35.3 Å². The summed E-state index contributed by atoms with van der Waals surface area (Å²) in [4.78, 5) is 1.49. The molecule has 0 saturated heterocycles. The highest BCUT2D eigenvalue weighted by atomic mass is 32.2. The molecule has 0 N–H and O–H groups in total. The summed E-state index contributed by atoms with van der Waals surface area (Å²) in [6, 6.07) is 11.0. The molecular weight excluding hydrogens is 200 g/mol. The van der Waals surface area contributed by atoms with Crippen molar-refractivity contribution in [2.75, 3.05) is 0 Å². The second-order valence-corrected chi connectivity index (χ2v) is 6.82. The van der Waals surface area contributed by atoms with Crippen molar-refractivity contribution in [3.05, 3.63) is 30.3 Å². The summed E-state index contributed by atoms with van der Waals surface area (Å²) < 4.78 is 0.699. The molecule has 0 heterocycles. The lowest BCUT2D eigenvalue weighted by Gasteiger charge is -2.76. The summed E-state index contributed by atoms with van der Waals surface area (Å²) in [7, 11) is 0. The van der Waals surface area contributed by atoms with Gasteiger partial charge in [-0.1, -0.05) is 24.6 Å². The molecule has 4 aliphatic rings. The van der Waals surface area contributed by atoms with Crippen LogP contribution in [0.15, 0.2) is 35.2 Å². The fraction of sp³-hybridized carbons (Fsp3) is 0.571. The molecule has 4 saturated carbocycles. The first-order chi connectivity index (χ1) is 7.40. The van der Waals surface area contributed by atoms with Crippen LogP contribution in [-0.2, 0) is 0 Å². The second-order valence-electron chi connectivity index (χ2n) is 5.38. The van der Waals surface area contributed by atoms with Gasteiger partial charge in [-0.05, 0) is 49.1 Å². The van der Waals surface area contributed by atoms with Crippen molar-refractivity contribution in [3.8, 4) is 0 Å². The van der Waals surface area contributed by atoms with Crippen molar-refractivity contribution in [2.24, 2.45) is 17.8 Å². The van der Waals surface area contributed by atoms with E-state index in [4.69, 9.17) is 0 Å². The fourth-order valence-corrected chi connectivity index (χ4v) is 6.07. The molecule has 4 aliphatic carbocycles. The Morgan fingerprint density at radius 2 is 1.80 bits per heavy atom. The summed E-state index contributed by atoms with van der Waals surface area (Å²) in [6.45, 7) is 0. The van der Waals surface area contributed by atoms with E-state index in [0.717, 1.165) is 17.8 Å². The highest BCUT2D eigenvalue weighted by molar-refractivity contribution is 8.01. The Morgan fingerprint density at radius 3 is 2.40 bits per heavy atom. The molecule has 1 heteroatoms. The average molecular weight is 216 g/mol. The molecule has 0 nitrogen and oxygen atoms in total. The zero-order valence-electron chi connectivity index (χ0n) is 8.86. The zero-order valence-corrected chi connectivity index (χ0v) is 9.67. The molecule has 5 rings (SSSR count). The monoisotopic (exact) mass is 216 g/mol. The van der Waals surface area contributed by atoms with Gasteiger partial charge in [-0.3, -0.25) is 0 Å². The van der Waals surface area contributed by atoms with Crippen molar-refractivity contribution in [1.29, 1.82) is 0 Å². The van der Waals surface area contributed by atoms with Crippen molar-refractivity contribution in [1.82, 2.24) is 0 Å². The molecule has 4 fully saturated rings. The van der Waals surface area contributed by atoms with E-state index >= 15 is 0 Å². The largest absolute Gasteiger partial charge is 0.119 e. The zero-order chi connectivity index (χ0) is 9.88. The van der Waals surface area contributed by atoms with Gasteiger partial charge in [0.1, 0.15) is 0 Å². The van der Waals surface area contributed by atoms with Crippen LogP contribution < -0.4 is 0 Å². The van der Waals surface area contributed by atoms with Crippen molar-refractivity contribution in [3.63, 3.8) is 0 Å². The van der Waals surface area contributed by atoms with E-state index in [1.807, 2.05) is 0 Å². The van der Waals surface area contributed by atoms with E-state index in [9.17, 15) is 0 Å². The van der Waals surface area contributed by atoms with Gasteiger partial charge in [0.2, 0.25) is 0 Å². The predicted octanol–water partition coefficient (Wildman–Crippen LogP) is 3.97. The van der Waals surface area contributed by atoms with Gasteiger partial charge in [-0.15, -0.1) is 11.8 Å². The Bertz CT molecular complexity index is 372. The number of benzene rings is 1. The molecule has 0 spiro atoms. The molecule has 4 bridgehead atoms. The van der Waals surface area contributed by atoms with E-state index in [-0.39, 0.29) is 0 Å². The molecule has 2 unspecified atom stereocenters. The lowest BCUT2D eigenvalue weighted by atomic mass is 9.36. The third kappa shape index (κ3) is 0.957. The summed E-state index contributed by atoms with van der Waals surface area (Å²) in [6.07, 6.45) is 6.05. The number of rotatable bonds is 2. The molecular formula is C14H16S. The molecule has 2 atom stereocenters. The van der Waals surface area contributed by atoms with Gasteiger partial charge in [0.05, 0.1) is 0 Å². The summed E-state index contributed by atoms with van der Waals surface area (Å²) in [5, 5.41) is 0. The first-order valence-electron chi connectivity index (χ1n) is 6.14. The maximum Gasteiger partial charge on any atom is 0.0271 e. The standard InChI is InChI=1S/C14H16S/c1-2-5-10(6-3-1)15-14-9-11-12(14)7-4-8-13(11)14/h1-3,5-6,11-13H,4,7-9H2. The molecule has 78 valence electrons. The summed E-state index contributed by atoms with van der Waals surface area (Å²) in [5.74, 6) is 3.30. The van der Waals surface area contributed by atoms with Crippen LogP contribution in [0.25, 0.3) is 0 Å². The van der Waals surface area contributed by atoms with Crippen LogP contribution in [0.4, 0.5) is 0 Å². The van der Waals surface area contributed by atoms with E-state index < -0.39 is 0 Å². The van der Waals surface area contributed by atoms with Crippen molar-refractivity contribution < 1.29 is 0 Å². The van der Waals surface area contributed by atoms with Gasteiger partial charge >= 0.3 is 0 Å². The normalized spacial score (nSPS) is 45.5. The minimum absolute atomic E-state index is 0.699. The first-order valence-corrected chi connectivity index (χ1v) is 6.96. The third-order valence-electron chi connectivity index (χ3n) is 4.93. The Hall–Kier alpha value is -0.430. The summed E-state index contributed by atoms with van der Waals surface area (Å²) in [5.41, 5.74) is 0. The van der Waals surface area contributed by atoms with E-state index in [0.29, 0.717) is 4.75 Å². The van der Waals surface area contributed by atoms with E-state index in [1.54, 1.807) is 0 Å². The minimum Gasteiger partial charge on any atom is -0.119 e. The highest BCUT2D eigenvalue weighted by Gasteiger charge is 2.73. The van der Waals surface area contributed by atoms with Gasteiger partial charge in [-0.25, -0.2) is 0 Å². The van der Waals surface area contributed by atoms with Crippen LogP contribution in [0.5, 0.6) is 0 Å². The Kier molecular flexibility index (Phi) is 1.63. The molecule has 0 aliphatic heterocycles. The molecule has 1 aromatic carbocycles. The fourth-order valence-electron chi connectivity index (χ4n) is 4.17. The molecule has 0 aromatic heterocycles. The molecule has 0 radical (unpaired) electrons. The van der Waals surface area contributed by atoms with Gasteiger partial charge in [0.15, 0.2) is 0 Å². The van der Waals surface area contributed by atoms with Gasteiger partial charge in [0, 0.05) is 9.64 Å². The van der Waals surface area contributed by atoms with Crippen LogP contribution >= 0.6 is 11.8 Å². The van der Waals surface area contributed by atoms with Crippen LogP contribution in [0.2, 0.25) is 0 Å². The molecule has 15 heavy (non-hydrogen) atoms. The molecule has 1 aromatic rings. The third-order valence-corrected chi connectivity index (χ3v) is 6.59. The lowest BCUT2D eigenvalue weighted by molar-refractivity contribution is -0.163. The number of thioether (sulfide) groups is 1. The molecule has 0 amide bonds. The Labute approximate surface area is 95.5 Å². The lowest BCUT2D eigenvalue weighted by Crippen LogP contribution is -2.74. The number of hydrogen-bond acceptors (Lipinski definition) is 1. The topological polar surface area (TPSA) is 0 Å². The van der Waals surface area contributed by atoms with Crippen LogP contribution in [0.1, 0.15) is 25.7 Å².